The molecule has 1 unspecified atom stereocenters. The van der Waals surface area contributed by atoms with E-state index in [2.05, 4.69) is 40.2 Å². The maximum absolute atomic E-state index is 8.82. The van der Waals surface area contributed by atoms with Gasteiger partial charge in [-0.25, -0.2) is 0 Å². The lowest BCUT2D eigenvalue weighted by molar-refractivity contribution is 0.451. The zero-order chi connectivity index (χ0) is 12.1. The van der Waals surface area contributed by atoms with E-state index in [9.17, 15) is 0 Å². The van der Waals surface area contributed by atoms with E-state index in [1.807, 2.05) is 6.07 Å². The molecule has 0 aliphatic heterocycles. The summed E-state index contributed by atoms with van der Waals surface area (Å²) in [4.78, 5) is 0. The number of rotatable bonds is 2. The molecular weight excluding hydrogens is 274 g/mol. The number of benzene rings is 1. The van der Waals surface area contributed by atoms with Gasteiger partial charge >= 0.3 is 0 Å². The fraction of sp³-hybridized carbons (Fsp3) is 0.400. The average Bonchev–Trinajstić information content (AvgIpc) is 2.35. The molecule has 0 N–H and O–H groups in total. The van der Waals surface area contributed by atoms with Crippen molar-refractivity contribution in [3.05, 3.63) is 46.0 Å². The molecule has 0 saturated heterocycles. The molecule has 88 valence electrons. The van der Waals surface area contributed by atoms with Gasteiger partial charge in [-0.2, -0.15) is 5.26 Å². The Labute approximate surface area is 111 Å². The van der Waals surface area contributed by atoms with E-state index in [1.54, 1.807) is 6.08 Å². The fourth-order valence-electron chi connectivity index (χ4n) is 2.54. The van der Waals surface area contributed by atoms with Gasteiger partial charge in [-0.15, -0.1) is 0 Å². The largest absolute Gasteiger partial charge is 0.193 e. The lowest BCUT2D eigenvalue weighted by Gasteiger charge is -2.25. The Morgan fingerprint density at radius 3 is 2.94 bits per heavy atom. The molecule has 1 atom stereocenters. The molecule has 1 aromatic carbocycles. The van der Waals surface area contributed by atoms with Crippen LogP contribution in [-0.4, -0.2) is 0 Å². The van der Waals surface area contributed by atoms with Gasteiger partial charge in [0, 0.05) is 10.5 Å². The lowest BCUT2D eigenvalue weighted by Crippen LogP contribution is -2.13. The molecular formula is C15H16BrN. The maximum atomic E-state index is 8.82. The van der Waals surface area contributed by atoms with Crippen molar-refractivity contribution in [1.29, 1.82) is 5.26 Å². The summed E-state index contributed by atoms with van der Waals surface area (Å²) >= 11 is 3.60. The highest BCUT2D eigenvalue weighted by Crippen LogP contribution is 2.33. The van der Waals surface area contributed by atoms with Crippen LogP contribution in [0.25, 0.3) is 0 Å². The molecule has 1 nitrogen and oxygen atoms in total. The minimum atomic E-state index is 0.557. The number of hydrogen-bond donors (Lipinski definition) is 0. The van der Waals surface area contributed by atoms with Crippen molar-refractivity contribution in [3.8, 4) is 6.07 Å². The first kappa shape index (κ1) is 12.4. The maximum Gasteiger partial charge on any atom is 0.0911 e. The van der Waals surface area contributed by atoms with Crippen molar-refractivity contribution in [1.82, 2.24) is 0 Å². The molecule has 2 rings (SSSR count). The molecule has 0 aromatic heterocycles. The van der Waals surface area contributed by atoms with Gasteiger partial charge in [0.05, 0.1) is 6.07 Å². The third kappa shape index (κ3) is 3.20. The van der Waals surface area contributed by atoms with E-state index >= 15 is 0 Å². The molecule has 1 aliphatic carbocycles. The van der Waals surface area contributed by atoms with Crippen LogP contribution in [0.3, 0.4) is 0 Å². The van der Waals surface area contributed by atoms with Gasteiger partial charge in [0.15, 0.2) is 0 Å². The summed E-state index contributed by atoms with van der Waals surface area (Å²) < 4.78 is 1.18. The highest BCUT2D eigenvalue weighted by Gasteiger charge is 2.19. The zero-order valence-electron chi connectivity index (χ0n) is 9.82. The standard InChI is InChI=1S/C15H16BrN/c16-15-8-4-3-7-14(15)11-13-6-2-1-5-12(13)9-10-17/h3-4,7-9,13H,1-2,5-6,11H2/b12-9+. The average molecular weight is 290 g/mol. The molecule has 2 heteroatoms. The summed E-state index contributed by atoms with van der Waals surface area (Å²) in [7, 11) is 0. The van der Waals surface area contributed by atoms with Crippen molar-refractivity contribution in [2.45, 2.75) is 32.1 Å². The van der Waals surface area contributed by atoms with Crippen LogP contribution in [0.4, 0.5) is 0 Å². The van der Waals surface area contributed by atoms with Gasteiger partial charge in [-0.3, -0.25) is 0 Å². The van der Waals surface area contributed by atoms with Crippen LogP contribution >= 0.6 is 15.9 Å². The molecule has 0 bridgehead atoms. The van der Waals surface area contributed by atoms with Crippen LogP contribution in [-0.2, 0) is 6.42 Å². The SMILES string of the molecule is N#C/C=C1\CCCCC1Cc1ccccc1Br. The predicted octanol–water partition coefficient (Wildman–Crippen LogP) is 4.63. The summed E-state index contributed by atoms with van der Waals surface area (Å²) in [6, 6.07) is 10.6. The summed E-state index contributed by atoms with van der Waals surface area (Å²) in [5.74, 6) is 0.557. The quantitative estimate of drug-likeness (QED) is 0.728. The predicted molar refractivity (Wildman–Crippen MR) is 73.5 cm³/mol. The minimum Gasteiger partial charge on any atom is -0.193 e. The summed E-state index contributed by atoms with van der Waals surface area (Å²) in [6.45, 7) is 0. The minimum absolute atomic E-state index is 0.557. The molecule has 0 heterocycles. The second-order valence-electron chi connectivity index (χ2n) is 4.59. The van der Waals surface area contributed by atoms with Crippen LogP contribution in [0.5, 0.6) is 0 Å². The van der Waals surface area contributed by atoms with E-state index in [0.717, 1.165) is 12.8 Å². The zero-order valence-corrected chi connectivity index (χ0v) is 11.4. The topological polar surface area (TPSA) is 23.8 Å². The first-order chi connectivity index (χ1) is 8.31. The monoisotopic (exact) mass is 289 g/mol. The third-order valence-corrected chi connectivity index (χ3v) is 4.24. The van der Waals surface area contributed by atoms with Crippen LogP contribution in [0.2, 0.25) is 0 Å². The van der Waals surface area contributed by atoms with E-state index < -0.39 is 0 Å². The lowest BCUT2D eigenvalue weighted by atomic mass is 9.80. The van der Waals surface area contributed by atoms with Gasteiger partial charge in [-0.05, 0) is 43.2 Å². The first-order valence-corrected chi connectivity index (χ1v) is 6.92. The van der Waals surface area contributed by atoms with E-state index in [1.165, 1.54) is 34.9 Å². The summed E-state index contributed by atoms with van der Waals surface area (Å²) in [5, 5.41) is 8.82. The number of nitriles is 1. The normalized spacial score (nSPS) is 22.4. The molecule has 0 radical (unpaired) electrons. The van der Waals surface area contributed by atoms with Gasteiger partial charge in [0.1, 0.15) is 0 Å². The second kappa shape index (κ2) is 6.02. The Hall–Kier alpha value is -1.07. The van der Waals surface area contributed by atoms with E-state index in [4.69, 9.17) is 5.26 Å². The van der Waals surface area contributed by atoms with Gasteiger partial charge in [-0.1, -0.05) is 46.1 Å². The van der Waals surface area contributed by atoms with Crippen molar-refractivity contribution >= 4 is 15.9 Å². The highest BCUT2D eigenvalue weighted by atomic mass is 79.9. The van der Waals surface area contributed by atoms with Crippen LogP contribution in [0.15, 0.2) is 40.4 Å². The first-order valence-electron chi connectivity index (χ1n) is 6.13. The molecule has 1 fully saturated rings. The third-order valence-electron chi connectivity index (χ3n) is 3.47. The van der Waals surface area contributed by atoms with Gasteiger partial charge in [0.2, 0.25) is 0 Å². The van der Waals surface area contributed by atoms with Crippen molar-refractivity contribution in [3.63, 3.8) is 0 Å². The Morgan fingerprint density at radius 2 is 2.18 bits per heavy atom. The van der Waals surface area contributed by atoms with E-state index in [0.29, 0.717) is 5.92 Å². The number of hydrogen-bond acceptors (Lipinski definition) is 1. The Bertz CT molecular complexity index is 456. The molecule has 1 aromatic rings. The molecule has 1 saturated carbocycles. The van der Waals surface area contributed by atoms with Gasteiger partial charge < -0.3 is 0 Å². The highest BCUT2D eigenvalue weighted by molar-refractivity contribution is 9.10. The molecule has 0 spiro atoms. The van der Waals surface area contributed by atoms with Crippen molar-refractivity contribution in [2.24, 2.45) is 5.92 Å². The molecule has 0 amide bonds. The van der Waals surface area contributed by atoms with Crippen LogP contribution < -0.4 is 0 Å². The van der Waals surface area contributed by atoms with Gasteiger partial charge in [0.25, 0.3) is 0 Å². The molecule has 1 aliphatic rings. The van der Waals surface area contributed by atoms with E-state index in [-0.39, 0.29) is 0 Å². The molecule has 17 heavy (non-hydrogen) atoms. The number of halogens is 1. The number of allylic oxidation sites excluding steroid dienone is 2. The number of nitrogens with zero attached hydrogens (tertiary/aromatic N) is 1. The second-order valence-corrected chi connectivity index (χ2v) is 5.44. The van der Waals surface area contributed by atoms with Crippen LogP contribution in [0.1, 0.15) is 31.2 Å². The Balaban J connectivity index is 2.14. The smallest absolute Gasteiger partial charge is 0.0911 e. The van der Waals surface area contributed by atoms with Crippen LogP contribution in [0, 0.1) is 17.2 Å². The van der Waals surface area contributed by atoms with Crippen molar-refractivity contribution < 1.29 is 0 Å². The van der Waals surface area contributed by atoms with Crippen molar-refractivity contribution in [2.75, 3.05) is 0 Å². The fourth-order valence-corrected chi connectivity index (χ4v) is 2.99. The Kier molecular flexibility index (Phi) is 4.39. The summed E-state index contributed by atoms with van der Waals surface area (Å²) in [6.07, 6.45) is 7.66. The Morgan fingerprint density at radius 1 is 1.35 bits per heavy atom. The summed E-state index contributed by atoms with van der Waals surface area (Å²) in [5.41, 5.74) is 2.69.